The summed E-state index contributed by atoms with van der Waals surface area (Å²) in [4.78, 5) is 44.2. The number of likely N-dealkylation sites (N-methyl/N-ethyl adjacent to an activating group) is 1. The fraction of sp³-hybridized carbons (Fsp3) is 0.474. The maximum atomic E-state index is 12.4. The lowest BCUT2D eigenvalue weighted by Crippen LogP contribution is -2.37. The minimum absolute atomic E-state index is 0.0295. The van der Waals surface area contributed by atoms with Crippen molar-refractivity contribution in [3.05, 3.63) is 49.6 Å². The number of amides is 1. The standard InChI is InChI=1S/C19H26N6O3S/c1-22(2)13(14-7-6-10-29-14)11-20-15(26)8-5-9-25-12-21-17-16(25)18(27)24(4)19(28)23(17)3/h6-7,10,12-13H,5,8-9,11H2,1-4H3,(H,20,26). The number of hydrogen-bond donors (Lipinski definition) is 1. The highest BCUT2D eigenvalue weighted by molar-refractivity contribution is 7.10. The normalized spacial score (nSPS) is 12.6. The number of aromatic nitrogens is 4. The molecular weight excluding hydrogens is 392 g/mol. The zero-order valence-electron chi connectivity index (χ0n) is 17.1. The number of nitrogens with one attached hydrogen (secondary N) is 1. The number of rotatable bonds is 8. The molecule has 1 atom stereocenters. The lowest BCUT2D eigenvalue weighted by atomic mass is 10.2. The molecule has 1 unspecified atom stereocenters. The van der Waals surface area contributed by atoms with Gasteiger partial charge in [-0.1, -0.05) is 6.07 Å². The summed E-state index contributed by atoms with van der Waals surface area (Å²) in [6.45, 7) is 1.02. The van der Waals surface area contributed by atoms with Crippen LogP contribution in [0.3, 0.4) is 0 Å². The molecule has 1 amide bonds. The van der Waals surface area contributed by atoms with Crippen molar-refractivity contribution in [2.75, 3.05) is 20.6 Å². The Labute approximate surface area is 172 Å². The number of imidazole rings is 1. The van der Waals surface area contributed by atoms with E-state index in [1.807, 2.05) is 25.5 Å². The second-order valence-electron chi connectivity index (χ2n) is 7.22. The van der Waals surface area contributed by atoms with Gasteiger partial charge in [0, 0.05) is 38.5 Å². The number of hydrogen-bond acceptors (Lipinski definition) is 6. The highest BCUT2D eigenvalue weighted by Crippen LogP contribution is 2.22. The van der Waals surface area contributed by atoms with E-state index < -0.39 is 5.69 Å². The number of carbonyl (C=O) groups excluding carboxylic acids is 1. The van der Waals surface area contributed by atoms with Gasteiger partial charge in [-0.05, 0) is 32.0 Å². The van der Waals surface area contributed by atoms with Gasteiger partial charge in [0.05, 0.1) is 12.4 Å². The molecular formula is C19H26N6O3S. The Morgan fingerprint density at radius 3 is 2.69 bits per heavy atom. The van der Waals surface area contributed by atoms with Crippen molar-refractivity contribution in [2.24, 2.45) is 14.1 Å². The van der Waals surface area contributed by atoms with E-state index in [0.717, 1.165) is 4.57 Å². The number of thiophene rings is 1. The van der Waals surface area contributed by atoms with Crippen LogP contribution in [0.5, 0.6) is 0 Å². The van der Waals surface area contributed by atoms with Gasteiger partial charge in [0.15, 0.2) is 11.2 Å². The smallest absolute Gasteiger partial charge is 0.332 e. The molecule has 0 aromatic carbocycles. The summed E-state index contributed by atoms with van der Waals surface area (Å²) in [7, 11) is 7.02. The first-order valence-electron chi connectivity index (χ1n) is 9.38. The predicted molar refractivity (Wildman–Crippen MR) is 113 cm³/mol. The molecule has 3 aromatic rings. The van der Waals surface area contributed by atoms with Gasteiger partial charge in [0.25, 0.3) is 5.56 Å². The van der Waals surface area contributed by atoms with Crippen molar-refractivity contribution in [2.45, 2.75) is 25.4 Å². The quantitative estimate of drug-likeness (QED) is 0.581. The summed E-state index contributed by atoms with van der Waals surface area (Å²) >= 11 is 1.67. The Kier molecular flexibility index (Phi) is 6.33. The highest BCUT2D eigenvalue weighted by Gasteiger charge is 2.17. The summed E-state index contributed by atoms with van der Waals surface area (Å²) in [5, 5.41) is 5.03. The van der Waals surface area contributed by atoms with Gasteiger partial charge in [-0.3, -0.25) is 18.7 Å². The van der Waals surface area contributed by atoms with Gasteiger partial charge in [-0.15, -0.1) is 11.3 Å². The molecule has 0 saturated heterocycles. The maximum Gasteiger partial charge on any atom is 0.332 e. The molecule has 0 spiro atoms. The molecule has 156 valence electrons. The molecule has 3 aromatic heterocycles. The molecule has 10 heteroatoms. The Morgan fingerprint density at radius 1 is 1.28 bits per heavy atom. The summed E-state index contributed by atoms with van der Waals surface area (Å²) < 4.78 is 4.13. The van der Waals surface area contributed by atoms with E-state index in [-0.39, 0.29) is 17.5 Å². The van der Waals surface area contributed by atoms with Crippen molar-refractivity contribution in [1.29, 1.82) is 0 Å². The number of carbonyl (C=O) groups is 1. The predicted octanol–water partition coefficient (Wildman–Crippen LogP) is 0.695. The third-order valence-electron chi connectivity index (χ3n) is 5.01. The van der Waals surface area contributed by atoms with Crippen molar-refractivity contribution < 1.29 is 4.79 Å². The van der Waals surface area contributed by atoms with Gasteiger partial charge < -0.3 is 14.8 Å². The minimum Gasteiger partial charge on any atom is -0.354 e. The first-order chi connectivity index (χ1) is 13.8. The van der Waals surface area contributed by atoms with Crippen LogP contribution in [0.1, 0.15) is 23.8 Å². The molecule has 0 aliphatic heterocycles. The largest absolute Gasteiger partial charge is 0.354 e. The Bertz CT molecular complexity index is 1110. The first kappa shape index (κ1) is 21.0. The zero-order valence-corrected chi connectivity index (χ0v) is 17.9. The SMILES string of the molecule is CN(C)C(CNC(=O)CCCn1cnc2c1c(=O)n(C)c(=O)n2C)c1cccs1. The van der Waals surface area contributed by atoms with Crippen LogP contribution in [0.2, 0.25) is 0 Å². The van der Waals surface area contributed by atoms with Crippen LogP contribution >= 0.6 is 11.3 Å². The Morgan fingerprint density at radius 2 is 2.03 bits per heavy atom. The van der Waals surface area contributed by atoms with Gasteiger partial charge in [0.1, 0.15) is 0 Å². The molecule has 0 fully saturated rings. The number of fused-ring (bicyclic) bond motifs is 1. The van der Waals surface area contributed by atoms with Gasteiger partial charge in [-0.2, -0.15) is 0 Å². The topological polar surface area (TPSA) is 94.2 Å². The van der Waals surface area contributed by atoms with Crippen LogP contribution < -0.4 is 16.6 Å². The van der Waals surface area contributed by atoms with E-state index >= 15 is 0 Å². The van der Waals surface area contributed by atoms with Crippen LogP contribution in [0.25, 0.3) is 11.2 Å². The molecule has 0 aliphatic carbocycles. The lowest BCUT2D eigenvalue weighted by Gasteiger charge is -2.23. The van der Waals surface area contributed by atoms with Gasteiger partial charge >= 0.3 is 5.69 Å². The molecule has 0 saturated carbocycles. The van der Waals surface area contributed by atoms with E-state index in [1.165, 1.54) is 16.5 Å². The van der Waals surface area contributed by atoms with Gasteiger partial charge in [-0.25, -0.2) is 9.78 Å². The summed E-state index contributed by atoms with van der Waals surface area (Å²) in [5.74, 6) is -0.0295. The average molecular weight is 419 g/mol. The van der Waals surface area contributed by atoms with Crippen molar-refractivity contribution in [3.63, 3.8) is 0 Å². The number of aryl methyl sites for hydroxylation is 2. The third kappa shape index (κ3) is 4.33. The van der Waals surface area contributed by atoms with E-state index in [0.29, 0.717) is 37.1 Å². The monoisotopic (exact) mass is 418 g/mol. The van der Waals surface area contributed by atoms with Crippen LogP contribution in [-0.2, 0) is 25.4 Å². The Balaban J connectivity index is 1.60. The van der Waals surface area contributed by atoms with Crippen LogP contribution in [0, 0.1) is 0 Å². The van der Waals surface area contributed by atoms with Crippen molar-refractivity contribution >= 4 is 28.4 Å². The second-order valence-corrected chi connectivity index (χ2v) is 8.20. The van der Waals surface area contributed by atoms with Crippen LogP contribution in [0.4, 0.5) is 0 Å². The van der Waals surface area contributed by atoms with E-state index in [2.05, 4.69) is 21.3 Å². The van der Waals surface area contributed by atoms with Crippen LogP contribution in [-0.4, -0.2) is 50.1 Å². The highest BCUT2D eigenvalue weighted by atomic mass is 32.1. The molecule has 0 aliphatic rings. The van der Waals surface area contributed by atoms with E-state index in [4.69, 9.17) is 0 Å². The van der Waals surface area contributed by atoms with Crippen molar-refractivity contribution in [3.8, 4) is 0 Å². The van der Waals surface area contributed by atoms with E-state index in [1.54, 1.807) is 29.3 Å². The number of nitrogens with zero attached hydrogens (tertiary/aromatic N) is 5. The molecule has 0 radical (unpaired) electrons. The Hall–Kier alpha value is -2.72. The lowest BCUT2D eigenvalue weighted by molar-refractivity contribution is -0.121. The average Bonchev–Trinajstić information content (AvgIpc) is 3.35. The molecule has 9 nitrogen and oxygen atoms in total. The second kappa shape index (κ2) is 8.75. The molecule has 0 bridgehead atoms. The zero-order chi connectivity index (χ0) is 21.1. The van der Waals surface area contributed by atoms with Gasteiger partial charge in [0.2, 0.25) is 5.91 Å². The summed E-state index contributed by atoms with van der Waals surface area (Å²) in [6, 6.07) is 4.22. The molecule has 3 rings (SSSR count). The third-order valence-corrected chi connectivity index (χ3v) is 5.98. The maximum absolute atomic E-state index is 12.4. The summed E-state index contributed by atoms with van der Waals surface area (Å²) in [6.07, 6.45) is 2.45. The van der Waals surface area contributed by atoms with E-state index in [9.17, 15) is 14.4 Å². The molecule has 3 heterocycles. The fourth-order valence-corrected chi connectivity index (χ4v) is 4.22. The van der Waals surface area contributed by atoms with Crippen LogP contribution in [0.15, 0.2) is 33.4 Å². The fourth-order valence-electron chi connectivity index (χ4n) is 3.29. The minimum atomic E-state index is -0.409. The molecule has 1 N–H and O–H groups in total. The summed E-state index contributed by atoms with van der Waals surface area (Å²) in [5.41, 5.74) is -0.0594. The van der Waals surface area contributed by atoms with Crippen molar-refractivity contribution in [1.82, 2.24) is 28.9 Å². The molecule has 29 heavy (non-hydrogen) atoms. The first-order valence-corrected chi connectivity index (χ1v) is 10.3.